The number of aryl methyl sites for hydroxylation is 3. The molecule has 1 aromatic carbocycles. The molecule has 0 aliphatic heterocycles. The predicted molar refractivity (Wildman–Crippen MR) is 121 cm³/mol. The first-order valence-electron chi connectivity index (χ1n) is 10.1. The molecule has 3 aromatic rings. The van der Waals surface area contributed by atoms with Crippen LogP contribution in [0.1, 0.15) is 41.3 Å². The number of nitrogens with zero attached hydrogens (tertiary/aromatic N) is 3. The van der Waals surface area contributed by atoms with Crippen LogP contribution < -0.4 is 5.32 Å². The third kappa shape index (κ3) is 4.41. The molecule has 1 aliphatic rings. The second kappa shape index (κ2) is 8.71. The van der Waals surface area contributed by atoms with E-state index < -0.39 is 0 Å². The third-order valence-electron chi connectivity index (χ3n) is 5.17. The second-order valence-corrected chi connectivity index (χ2v) is 9.43. The van der Waals surface area contributed by atoms with Crippen LogP contribution >= 0.6 is 23.1 Å². The lowest BCUT2D eigenvalue weighted by molar-refractivity contribution is -0.113. The number of thioether (sulfide) groups is 1. The summed E-state index contributed by atoms with van der Waals surface area (Å²) >= 11 is 3.29. The number of aromatic nitrogens is 3. The number of nitrogens with one attached hydrogen (secondary N) is 1. The summed E-state index contributed by atoms with van der Waals surface area (Å²) in [4.78, 5) is 13.9. The van der Waals surface area contributed by atoms with Gasteiger partial charge in [0.25, 0.3) is 0 Å². The smallest absolute Gasteiger partial charge is 0.234 e. The number of hydrogen-bond donors (Lipinski definition) is 1. The largest absolute Gasteiger partial charge is 0.325 e. The van der Waals surface area contributed by atoms with Gasteiger partial charge in [-0.2, -0.15) is 0 Å². The topological polar surface area (TPSA) is 59.8 Å². The molecule has 4 rings (SSSR count). The first-order valence-corrected chi connectivity index (χ1v) is 12.0. The van der Waals surface area contributed by atoms with Crippen molar-refractivity contribution >= 4 is 34.7 Å². The van der Waals surface area contributed by atoms with Gasteiger partial charge in [-0.1, -0.05) is 17.8 Å². The Morgan fingerprint density at radius 3 is 2.69 bits per heavy atom. The van der Waals surface area contributed by atoms with Crippen molar-refractivity contribution in [3.05, 3.63) is 45.1 Å². The average molecular weight is 427 g/mol. The molecule has 152 valence electrons. The first kappa shape index (κ1) is 20.2. The van der Waals surface area contributed by atoms with E-state index in [1.54, 1.807) is 0 Å². The van der Waals surface area contributed by atoms with E-state index in [-0.39, 0.29) is 5.91 Å². The molecule has 2 aromatic heterocycles. The minimum Gasteiger partial charge on any atom is -0.325 e. The van der Waals surface area contributed by atoms with Crippen molar-refractivity contribution in [3.8, 4) is 11.4 Å². The first-order chi connectivity index (χ1) is 14.0. The van der Waals surface area contributed by atoms with E-state index in [9.17, 15) is 4.79 Å². The maximum Gasteiger partial charge on any atom is 0.234 e. The fourth-order valence-electron chi connectivity index (χ4n) is 3.94. The molecule has 0 unspecified atom stereocenters. The molecule has 0 saturated heterocycles. The zero-order valence-corrected chi connectivity index (χ0v) is 18.8. The van der Waals surface area contributed by atoms with E-state index in [2.05, 4.69) is 38.5 Å². The third-order valence-corrected chi connectivity index (χ3v) is 7.23. The maximum atomic E-state index is 12.4. The molecule has 0 fully saturated rings. The van der Waals surface area contributed by atoms with Crippen molar-refractivity contribution in [1.82, 2.24) is 14.8 Å². The minimum atomic E-state index is -0.0277. The zero-order chi connectivity index (χ0) is 20.4. The Morgan fingerprint density at radius 1 is 1.17 bits per heavy atom. The Kier molecular flexibility index (Phi) is 6.06. The van der Waals surface area contributed by atoms with Crippen molar-refractivity contribution in [3.63, 3.8) is 0 Å². The monoisotopic (exact) mass is 426 g/mol. The summed E-state index contributed by atoms with van der Waals surface area (Å²) in [6, 6.07) is 6.07. The summed E-state index contributed by atoms with van der Waals surface area (Å²) < 4.78 is 2.13. The number of rotatable bonds is 6. The molecule has 0 atom stereocenters. The highest BCUT2D eigenvalue weighted by Crippen LogP contribution is 2.36. The van der Waals surface area contributed by atoms with Crippen LogP contribution in [-0.2, 0) is 24.2 Å². The molecule has 0 bridgehead atoms. The number of fused-ring (bicyclic) bond motifs is 1. The normalized spacial score (nSPS) is 13.3. The molecule has 0 spiro atoms. The fraction of sp³-hybridized carbons (Fsp3) is 0.409. The number of carbonyl (C=O) groups excluding carboxylic acids is 1. The molecule has 1 N–H and O–H groups in total. The lowest BCUT2D eigenvalue weighted by Gasteiger charge is -2.13. The van der Waals surface area contributed by atoms with Gasteiger partial charge >= 0.3 is 0 Å². The average Bonchev–Trinajstić information content (AvgIpc) is 3.28. The van der Waals surface area contributed by atoms with Gasteiger partial charge in [-0.25, -0.2) is 0 Å². The molecule has 5 nitrogen and oxygen atoms in total. The van der Waals surface area contributed by atoms with Gasteiger partial charge in [0, 0.05) is 28.1 Å². The molecule has 1 aliphatic carbocycles. The SMILES string of the molecule is CCn1c(SCC(=O)Nc2cc(C)cc(C)c2)nnc1-c1csc2c1CCCC2. The van der Waals surface area contributed by atoms with Crippen LogP contribution in [0, 0.1) is 13.8 Å². The molecule has 0 radical (unpaired) electrons. The van der Waals surface area contributed by atoms with Crippen molar-refractivity contribution in [2.24, 2.45) is 0 Å². The number of carbonyl (C=O) groups is 1. The summed E-state index contributed by atoms with van der Waals surface area (Å²) in [5.74, 6) is 1.22. The van der Waals surface area contributed by atoms with Crippen LogP contribution in [0.25, 0.3) is 11.4 Å². The number of benzene rings is 1. The Balaban J connectivity index is 1.47. The van der Waals surface area contributed by atoms with Crippen molar-refractivity contribution in [2.45, 2.75) is 58.2 Å². The standard InChI is InChI=1S/C22H26N4OS2/c1-4-26-21(18-12-28-19-8-6-5-7-17(18)19)24-25-22(26)29-13-20(27)23-16-10-14(2)9-15(3)11-16/h9-12H,4-8,13H2,1-3H3,(H,23,27). The molecular formula is C22H26N4OS2. The summed E-state index contributed by atoms with van der Waals surface area (Å²) in [7, 11) is 0. The van der Waals surface area contributed by atoms with Gasteiger partial charge in [0.05, 0.1) is 5.75 Å². The second-order valence-electron chi connectivity index (χ2n) is 7.52. The van der Waals surface area contributed by atoms with Gasteiger partial charge in [0.2, 0.25) is 5.91 Å². The summed E-state index contributed by atoms with van der Waals surface area (Å²) in [5.41, 5.74) is 5.80. The van der Waals surface area contributed by atoms with Crippen LogP contribution in [0.4, 0.5) is 5.69 Å². The Hall–Kier alpha value is -2.12. The van der Waals surface area contributed by atoms with Gasteiger partial charge in [-0.05, 0) is 75.3 Å². The highest BCUT2D eigenvalue weighted by Gasteiger charge is 2.22. The number of amides is 1. The maximum absolute atomic E-state index is 12.4. The summed E-state index contributed by atoms with van der Waals surface area (Å²) in [6.07, 6.45) is 4.84. The van der Waals surface area contributed by atoms with Gasteiger partial charge in [-0.3, -0.25) is 4.79 Å². The van der Waals surface area contributed by atoms with E-state index in [1.807, 2.05) is 37.3 Å². The Bertz CT molecular complexity index is 1020. The Morgan fingerprint density at radius 2 is 1.93 bits per heavy atom. The van der Waals surface area contributed by atoms with Crippen molar-refractivity contribution in [1.29, 1.82) is 0 Å². The summed E-state index contributed by atoms with van der Waals surface area (Å²) in [5, 5.41) is 14.9. The predicted octanol–water partition coefficient (Wildman–Crippen LogP) is 5.25. The van der Waals surface area contributed by atoms with Gasteiger partial charge in [-0.15, -0.1) is 21.5 Å². The quantitative estimate of drug-likeness (QED) is 0.547. The van der Waals surface area contributed by atoms with Gasteiger partial charge in [0.15, 0.2) is 11.0 Å². The molecule has 0 saturated carbocycles. The number of thiophene rings is 1. The fourth-order valence-corrected chi connectivity index (χ4v) is 5.86. The number of anilines is 1. The van der Waals surface area contributed by atoms with Crippen molar-refractivity contribution < 1.29 is 4.79 Å². The zero-order valence-electron chi connectivity index (χ0n) is 17.1. The van der Waals surface area contributed by atoms with Crippen molar-refractivity contribution in [2.75, 3.05) is 11.1 Å². The van der Waals surface area contributed by atoms with Crippen LogP contribution in [-0.4, -0.2) is 26.4 Å². The van der Waals surface area contributed by atoms with E-state index in [4.69, 9.17) is 0 Å². The van der Waals surface area contributed by atoms with Gasteiger partial charge in [0.1, 0.15) is 0 Å². The van der Waals surface area contributed by atoms with E-state index in [0.29, 0.717) is 5.75 Å². The highest BCUT2D eigenvalue weighted by molar-refractivity contribution is 7.99. The lowest BCUT2D eigenvalue weighted by atomic mass is 9.96. The molecule has 1 amide bonds. The van der Waals surface area contributed by atoms with E-state index >= 15 is 0 Å². The van der Waals surface area contributed by atoms with Crippen LogP contribution in [0.5, 0.6) is 0 Å². The number of hydrogen-bond acceptors (Lipinski definition) is 5. The van der Waals surface area contributed by atoms with Crippen LogP contribution in [0.2, 0.25) is 0 Å². The lowest BCUT2D eigenvalue weighted by Crippen LogP contribution is -2.15. The minimum absolute atomic E-state index is 0.0277. The Labute approximate surface area is 179 Å². The summed E-state index contributed by atoms with van der Waals surface area (Å²) in [6.45, 7) is 6.96. The molecular weight excluding hydrogens is 400 g/mol. The molecule has 2 heterocycles. The van der Waals surface area contributed by atoms with Crippen LogP contribution in [0.3, 0.4) is 0 Å². The van der Waals surface area contributed by atoms with E-state index in [0.717, 1.165) is 40.8 Å². The van der Waals surface area contributed by atoms with Gasteiger partial charge < -0.3 is 9.88 Å². The van der Waals surface area contributed by atoms with Crippen LogP contribution in [0.15, 0.2) is 28.7 Å². The highest BCUT2D eigenvalue weighted by atomic mass is 32.2. The molecule has 29 heavy (non-hydrogen) atoms. The molecule has 7 heteroatoms. The van der Waals surface area contributed by atoms with E-state index in [1.165, 1.54) is 47.0 Å².